The molecule has 0 aromatic carbocycles. The molecular weight excluding hydrogens is 208 g/mol. The zero-order valence-corrected chi connectivity index (χ0v) is 12.0. The van der Waals surface area contributed by atoms with Gasteiger partial charge < -0.3 is 0 Å². The smallest absolute Gasteiger partial charge is 0.0962 e. The maximum absolute atomic E-state index is 2.86. The highest BCUT2D eigenvalue weighted by Crippen LogP contribution is 2.27. The lowest BCUT2D eigenvalue weighted by molar-refractivity contribution is -1.02. The molecule has 0 aromatic rings. The lowest BCUT2D eigenvalue weighted by atomic mass is 10.1. The summed E-state index contributed by atoms with van der Waals surface area (Å²) in [4.78, 5) is 0. The van der Waals surface area contributed by atoms with Gasteiger partial charge in [0, 0.05) is 6.54 Å². The minimum atomic E-state index is 0.848. The molecule has 0 saturated carbocycles. The molecule has 0 bridgehead atoms. The molecule has 1 atom stereocenters. The second-order valence-electron chi connectivity index (χ2n) is 6.27. The molecule has 0 aromatic heterocycles. The Morgan fingerprint density at radius 3 is 2.24 bits per heavy atom. The monoisotopic (exact) mass is 239 g/mol. The molecule has 2 aliphatic rings. The van der Waals surface area contributed by atoms with E-state index in [1.165, 1.54) is 82.0 Å². The second-order valence-corrected chi connectivity index (χ2v) is 6.27. The predicted molar refractivity (Wildman–Crippen MR) is 73.6 cm³/mol. The number of likely N-dealkylation sites (tertiary alicyclic amines) is 1. The van der Waals surface area contributed by atoms with E-state index in [-0.39, 0.29) is 0 Å². The molecular formula is C15H31N2+. The van der Waals surface area contributed by atoms with Crippen LogP contribution < -0.4 is 0 Å². The first-order valence-corrected chi connectivity index (χ1v) is 7.88. The van der Waals surface area contributed by atoms with Gasteiger partial charge in [-0.3, -0.25) is 0 Å². The highest BCUT2D eigenvalue weighted by atomic mass is 15.7. The standard InChI is InChI=1S/C15H31N2/c1-3-15-11-7-6-8-12-16(15)17(2)13-9-4-5-10-14-17/h15H,3-14H2,1-2H3/q+1. The summed E-state index contributed by atoms with van der Waals surface area (Å²) in [6, 6.07) is 0.848. The lowest BCUT2D eigenvalue weighted by Crippen LogP contribution is -2.61. The van der Waals surface area contributed by atoms with Gasteiger partial charge in [-0.1, -0.05) is 19.8 Å². The van der Waals surface area contributed by atoms with E-state index in [2.05, 4.69) is 19.0 Å². The van der Waals surface area contributed by atoms with Crippen LogP contribution >= 0.6 is 0 Å². The van der Waals surface area contributed by atoms with E-state index >= 15 is 0 Å². The minimum Gasteiger partial charge on any atom is -0.245 e. The molecule has 0 N–H and O–H groups in total. The van der Waals surface area contributed by atoms with Gasteiger partial charge in [0.15, 0.2) is 0 Å². The third-order valence-electron chi connectivity index (χ3n) is 4.97. The van der Waals surface area contributed by atoms with Crippen molar-refractivity contribution in [3.8, 4) is 0 Å². The zero-order valence-electron chi connectivity index (χ0n) is 12.0. The first-order valence-electron chi connectivity index (χ1n) is 7.88. The molecule has 0 radical (unpaired) electrons. The van der Waals surface area contributed by atoms with Gasteiger partial charge >= 0.3 is 0 Å². The normalized spacial score (nSPS) is 31.8. The van der Waals surface area contributed by atoms with Crippen LogP contribution in [0.2, 0.25) is 0 Å². The number of hydrogen-bond donors (Lipinski definition) is 0. The molecule has 0 amide bonds. The van der Waals surface area contributed by atoms with Crippen molar-refractivity contribution >= 4 is 0 Å². The molecule has 2 heterocycles. The van der Waals surface area contributed by atoms with Crippen LogP contribution in [-0.2, 0) is 0 Å². The van der Waals surface area contributed by atoms with Crippen LogP contribution in [0.1, 0.15) is 64.7 Å². The van der Waals surface area contributed by atoms with Crippen LogP contribution in [0.3, 0.4) is 0 Å². The van der Waals surface area contributed by atoms with E-state index in [4.69, 9.17) is 0 Å². The Morgan fingerprint density at radius 1 is 0.941 bits per heavy atom. The average Bonchev–Trinajstić information content (AvgIpc) is 2.69. The van der Waals surface area contributed by atoms with Gasteiger partial charge in [0.1, 0.15) is 0 Å². The van der Waals surface area contributed by atoms with Crippen LogP contribution in [0.15, 0.2) is 0 Å². The van der Waals surface area contributed by atoms with Crippen LogP contribution in [0.4, 0.5) is 0 Å². The highest BCUT2D eigenvalue weighted by Gasteiger charge is 2.36. The molecule has 2 rings (SSSR count). The van der Waals surface area contributed by atoms with Crippen molar-refractivity contribution in [3.63, 3.8) is 0 Å². The molecule has 0 aliphatic carbocycles. The number of hydrogen-bond acceptors (Lipinski definition) is 1. The van der Waals surface area contributed by atoms with Crippen molar-refractivity contribution in [2.75, 3.05) is 26.7 Å². The van der Waals surface area contributed by atoms with E-state index < -0.39 is 0 Å². The fraction of sp³-hybridized carbons (Fsp3) is 1.00. The summed E-state index contributed by atoms with van der Waals surface area (Å²) in [5.74, 6) is 0. The molecule has 2 nitrogen and oxygen atoms in total. The Kier molecular flexibility index (Phi) is 4.87. The van der Waals surface area contributed by atoms with Crippen molar-refractivity contribution in [2.24, 2.45) is 0 Å². The molecule has 2 fully saturated rings. The Hall–Kier alpha value is -0.0800. The molecule has 2 saturated heterocycles. The molecule has 0 spiro atoms. The summed E-state index contributed by atoms with van der Waals surface area (Å²) in [6.45, 7) is 6.50. The van der Waals surface area contributed by atoms with Crippen LogP contribution in [0, 0.1) is 0 Å². The number of quaternary nitrogens is 1. The highest BCUT2D eigenvalue weighted by molar-refractivity contribution is 4.69. The third-order valence-corrected chi connectivity index (χ3v) is 4.97. The summed E-state index contributed by atoms with van der Waals surface area (Å²) in [5.41, 5.74) is 0. The molecule has 1 unspecified atom stereocenters. The average molecular weight is 239 g/mol. The summed E-state index contributed by atoms with van der Waals surface area (Å²) in [6.07, 6.45) is 12.9. The van der Waals surface area contributed by atoms with Gasteiger partial charge in [-0.25, -0.2) is 4.59 Å². The van der Waals surface area contributed by atoms with Crippen LogP contribution in [0.5, 0.6) is 0 Å². The Morgan fingerprint density at radius 2 is 1.59 bits per heavy atom. The minimum absolute atomic E-state index is 0.848. The molecule has 2 heteroatoms. The molecule has 100 valence electrons. The van der Waals surface area contributed by atoms with Crippen molar-refractivity contribution in [3.05, 3.63) is 0 Å². The third kappa shape index (κ3) is 3.23. The van der Waals surface area contributed by atoms with Crippen molar-refractivity contribution in [2.45, 2.75) is 70.8 Å². The van der Waals surface area contributed by atoms with Crippen molar-refractivity contribution < 1.29 is 4.59 Å². The first-order chi connectivity index (χ1) is 8.26. The van der Waals surface area contributed by atoms with E-state index in [0.29, 0.717) is 0 Å². The maximum atomic E-state index is 2.86. The van der Waals surface area contributed by atoms with Gasteiger partial charge in [-0.05, 0) is 44.9 Å². The number of rotatable bonds is 2. The predicted octanol–water partition coefficient (Wildman–Crippen LogP) is 3.58. The van der Waals surface area contributed by atoms with Gasteiger partial charge in [-0.15, -0.1) is 0 Å². The number of nitrogens with zero attached hydrogens (tertiary/aromatic N) is 2. The summed E-state index contributed by atoms with van der Waals surface area (Å²) < 4.78 is 1.25. The largest absolute Gasteiger partial charge is 0.245 e. The SMILES string of the molecule is CCC1CCCCCN1[N+]1(C)CCCCCC1. The van der Waals surface area contributed by atoms with E-state index in [0.717, 1.165) is 6.04 Å². The summed E-state index contributed by atoms with van der Waals surface area (Å²) in [7, 11) is 2.50. The first kappa shape index (κ1) is 13.4. The van der Waals surface area contributed by atoms with Gasteiger partial charge in [0.25, 0.3) is 0 Å². The zero-order chi connectivity index (χ0) is 12.1. The van der Waals surface area contributed by atoms with Crippen LogP contribution in [-0.4, -0.2) is 42.3 Å². The van der Waals surface area contributed by atoms with E-state index in [9.17, 15) is 0 Å². The lowest BCUT2D eigenvalue weighted by Gasteiger charge is -2.45. The fourth-order valence-corrected chi connectivity index (χ4v) is 3.84. The Bertz CT molecular complexity index is 219. The Labute approximate surface area is 108 Å². The van der Waals surface area contributed by atoms with E-state index in [1.807, 2.05) is 0 Å². The molecule has 17 heavy (non-hydrogen) atoms. The quantitative estimate of drug-likeness (QED) is 0.666. The van der Waals surface area contributed by atoms with E-state index in [1.54, 1.807) is 0 Å². The van der Waals surface area contributed by atoms with Gasteiger partial charge in [0.2, 0.25) is 0 Å². The van der Waals surface area contributed by atoms with Gasteiger partial charge in [0.05, 0.1) is 26.2 Å². The topological polar surface area (TPSA) is 3.24 Å². The van der Waals surface area contributed by atoms with Crippen molar-refractivity contribution in [1.29, 1.82) is 0 Å². The van der Waals surface area contributed by atoms with Gasteiger partial charge in [-0.2, -0.15) is 5.01 Å². The van der Waals surface area contributed by atoms with Crippen LogP contribution in [0.25, 0.3) is 0 Å². The second kappa shape index (κ2) is 6.19. The summed E-state index contributed by atoms with van der Waals surface area (Å²) >= 11 is 0. The molecule has 2 aliphatic heterocycles. The Balaban J connectivity index is 2.09. The fourth-order valence-electron chi connectivity index (χ4n) is 3.84. The summed E-state index contributed by atoms with van der Waals surface area (Å²) in [5, 5.41) is 2.86. The van der Waals surface area contributed by atoms with Crippen molar-refractivity contribution in [1.82, 2.24) is 5.01 Å². The maximum Gasteiger partial charge on any atom is 0.0962 e.